The lowest BCUT2D eigenvalue weighted by Gasteiger charge is -2.09. The highest BCUT2D eigenvalue weighted by atomic mass is 16.2. The van der Waals surface area contributed by atoms with Crippen LogP contribution in [0.15, 0.2) is 61.1 Å². The predicted octanol–water partition coefficient (Wildman–Crippen LogP) is 2.81. The molecular formula is C20H23N5O. The molecule has 0 bridgehead atoms. The lowest BCUT2D eigenvalue weighted by molar-refractivity contribution is 0.242. The first kappa shape index (κ1) is 17.8. The second kappa shape index (κ2) is 8.40. The molecule has 1 N–H and O–H groups in total. The van der Waals surface area contributed by atoms with Crippen LogP contribution in [0.5, 0.6) is 0 Å². The summed E-state index contributed by atoms with van der Waals surface area (Å²) in [5.41, 5.74) is 3.61. The molecule has 0 spiro atoms. The lowest BCUT2D eigenvalue weighted by atomic mass is 10.1. The molecule has 0 radical (unpaired) electrons. The van der Waals surface area contributed by atoms with E-state index in [4.69, 9.17) is 0 Å². The molecule has 26 heavy (non-hydrogen) atoms. The largest absolute Gasteiger partial charge is 0.337 e. The number of aromatic nitrogens is 3. The molecular weight excluding hydrogens is 326 g/mol. The summed E-state index contributed by atoms with van der Waals surface area (Å²) in [5, 5.41) is 2.91. The van der Waals surface area contributed by atoms with E-state index in [1.54, 1.807) is 6.20 Å². The Balaban J connectivity index is 1.61. The van der Waals surface area contributed by atoms with E-state index >= 15 is 0 Å². The smallest absolute Gasteiger partial charge is 0.326 e. The van der Waals surface area contributed by atoms with Crippen LogP contribution in [0.3, 0.4) is 0 Å². The zero-order valence-corrected chi connectivity index (χ0v) is 15.1. The minimum atomic E-state index is -0.191. The number of nitrogens with one attached hydrogen (secondary N) is 1. The van der Waals surface area contributed by atoms with Crippen molar-refractivity contribution in [3.63, 3.8) is 0 Å². The number of rotatable bonds is 6. The maximum absolute atomic E-state index is 12.3. The molecule has 0 atom stereocenters. The number of nitrogens with zero attached hydrogens (tertiary/aromatic N) is 4. The second-order valence-corrected chi connectivity index (χ2v) is 6.39. The van der Waals surface area contributed by atoms with Crippen LogP contribution in [0.4, 0.5) is 4.79 Å². The average Bonchev–Trinajstić information content (AvgIpc) is 3.12. The van der Waals surface area contributed by atoms with E-state index in [1.807, 2.05) is 62.6 Å². The monoisotopic (exact) mass is 349 g/mol. The van der Waals surface area contributed by atoms with Crippen molar-refractivity contribution >= 4 is 6.03 Å². The SMILES string of the molecule is CN(C)Cc1cccc(-c2cn(C(=O)NCCc3ccccc3)cn2)n1. The molecule has 3 rings (SSSR count). The maximum atomic E-state index is 12.3. The van der Waals surface area contributed by atoms with Gasteiger partial charge in [-0.25, -0.2) is 14.8 Å². The van der Waals surface area contributed by atoms with Gasteiger partial charge in [0.1, 0.15) is 12.0 Å². The number of benzene rings is 1. The van der Waals surface area contributed by atoms with Crippen LogP contribution in [-0.4, -0.2) is 46.1 Å². The molecule has 2 aromatic heterocycles. The highest BCUT2D eigenvalue weighted by Crippen LogP contribution is 2.15. The number of hydrogen-bond donors (Lipinski definition) is 1. The van der Waals surface area contributed by atoms with Crippen molar-refractivity contribution in [2.24, 2.45) is 0 Å². The third-order valence-corrected chi connectivity index (χ3v) is 3.90. The van der Waals surface area contributed by atoms with Gasteiger partial charge in [0.25, 0.3) is 0 Å². The molecule has 0 aliphatic heterocycles. The molecule has 6 nitrogen and oxygen atoms in total. The molecule has 2 heterocycles. The van der Waals surface area contributed by atoms with Gasteiger partial charge in [0, 0.05) is 19.3 Å². The summed E-state index contributed by atoms with van der Waals surface area (Å²) >= 11 is 0. The standard InChI is InChI=1S/C20H23N5O/c1-24(2)13-17-9-6-10-18(23-17)19-14-25(15-22-19)20(26)21-12-11-16-7-4-3-5-8-16/h3-10,14-15H,11-13H2,1-2H3,(H,21,26). The van der Waals surface area contributed by atoms with E-state index in [0.717, 1.165) is 24.4 Å². The summed E-state index contributed by atoms with van der Waals surface area (Å²) < 4.78 is 1.46. The van der Waals surface area contributed by atoms with Gasteiger partial charge in [-0.1, -0.05) is 36.4 Å². The van der Waals surface area contributed by atoms with Crippen molar-refractivity contribution < 1.29 is 4.79 Å². The van der Waals surface area contributed by atoms with Crippen molar-refractivity contribution in [3.05, 3.63) is 72.3 Å². The summed E-state index contributed by atoms with van der Waals surface area (Å²) in [6, 6.07) is 15.7. The topological polar surface area (TPSA) is 63.1 Å². The Bertz CT molecular complexity index is 857. The van der Waals surface area contributed by atoms with Crippen molar-refractivity contribution in [2.45, 2.75) is 13.0 Å². The minimum Gasteiger partial charge on any atom is -0.337 e. The first-order valence-electron chi connectivity index (χ1n) is 8.59. The van der Waals surface area contributed by atoms with Crippen molar-refractivity contribution in [3.8, 4) is 11.4 Å². The van der Waals surface area contributed by atoms with E-state index in [-0.39, 0.29) is 6.03 Å². The van der Waals surface area contributed by atoms with Crippen LogP contribution in [0.1, 0.15) is 11.3 Å². The van der Waals surface area contributed by atoms with E-state index in [2.05, 4.69) is 20.2 Å². The molecule has 0 saturated carbocycles. The van der Waals surface area contributed by atoms with Crippen LogP contribution >= 0.6 is 0 Å². The van der Waals surface area contributed by atoms with Gasteiger partial charge in [-0.15, -0.1) is 0 Å². The molecule has 134 valence electrons. The first-order chi connectivity index (χ1) is 12.6. The number of amides is 1. The summed E-state index contributed by atoms with van der Waals surface area (Å²) in [5.74, 6) is 0. The summed E-state index contributed by atoms with van der Waals surface area (Å²) in [6.07, 6.45) is 4.02. The van der Waals surface area contributed by atoms with Crippen molar-refractivity contribution in [1.29, 1.82) is 0 Å². The van der Waals surface area contributed by atoms with Gasteiger partial charge in [0.05, 0.1) is 11.4 Å². The lowest BCUT2D eigenvalue weighted by Crippen LogP contribution is -2.29. The third kappa shape index (κ3) is 4.77. The Morgan fingerprint density at radius 2 is 1.88 bits per heavy atom. The second-order valence-electron chi connectivity index (χ2n) is 6.39. The zero-order chi connectivity index (χ0) is 18.4. The van der Waals surface area contributed by atoms with Crippen LogP contribution in [-0.2, 0) is 13.0 Å². The van der Waals surface area contributed by atoms with Crippen LogP contribution in [0, 0.1) is 0 Å². The fraction of sp³-hybridized carbons (Fsp3) is 0.250. The summed E-state index contributed by atoms with van der Waals surface area (Å²) in [7, 11) is 4.01. The van der Waals surface area contributed by atoms with Gasteiger partial charge in [0.2, 0.25) is 0 Å². The normalized spacial score (nSPS) is 10.9. The molecule has 0 saturated heterocycles. The summed E-state index contributed by atoms with van der Waals surface area (Å²) in [4.78, 5) is 23.3. The van der Waals surface area contributed by atoms with Gasteiger partial charge in [-0.05, 0) is 38.2 Å². The number of pyridine rings is 1. The van der Waals surface area contributed by atoms with Crippen molar-refractivity contribution in [2.75, 3.05) is 20.6 Å². The van der Waals surface area contributed by atoms with Crippen LogP contribution < -0.4 is 5.32 Å². The average molecular weight is 349 g/mol. The molecule has 6 heteroatoms. The van der Waals surface area contributed by atoms with Gasteiger partial charge >= 0.3 is 6.03 Å². The number of carbonyl (C=O) groups excluding carboxylic acids is 1. The van der Waals surface area contributed by atoms with Gasteiger partial charge < -0.3 is 10.2 Å². The highest BCUT2D eigenvalue weighted by Gasteiger charge is 2.09. The fourth-order valence-corrected chi connectivity index (χ4v) is 2.65. The Labute approximate surface area is 153 Å². The molecule has 1 amide bonds. The van der Waals surface area contributed by atoms with Crippen molar-refractivity contribution in [1.82, 2.24) is 24.8 Å². The van der Waals surface area contributed by atoms with E-state index < -0.39 is 0 Å². The third-order valence-electron chi connectivity index (χ3n) is 3.90. The molecule has 0 aliphatic rings. The van der Waals surface area contributed by atoms with E-state index in [0.29, 0.717) is 12.2 Å². The number of imidazole rings is 1. The maximum Gasteiger partial charge on any atom is 0.326 e. The fourth-order valence-electron chi connectivity index (χ4n) is 2.65. The number of hydrogen-bond acceptors (Lipinski definition) is 4. The Morgan fingerprint density at radius 1 is 1.08 bits per heavy atom. The Kier molecular flexibility index (Phi) is 5.76. The molecule has 0 fully saturated rings. The molecule has 0 unspecified atom stereocenters. The highest BCUT2D eigenvalue weighted by molar-refractivity contribution is 5.77. The quantitative estimate of drug-likeness (QED) is 0.743. The Morgan fingerprint density at radius 3 is 2.65 bits per heavy atom. The van der Waals surface area contributed by atoms with Gasteiger partial charge in [-0.2, -0.15) is 0 Å². The summed E-state index contributed by atoms with van der Waals surface area (Å²) in [6.45, 7) is 1.33. The predicted molar refractivity (Wildman–Crippen MR) is 102 cm³/mol. The van der Waals surface area contributed by atoms with E-state index in [9.17, 15) is 4.79 Å². The Hall–Kier alpha value is -2.99. The first-order valence-corrected chi connectivity index (χ1v) is 8.59. The van der Waals surface area contributed by atoms with Gasteiger partial charge in [-0.3, -0.25) is 4.57 Å². The van der Waals surface area contributed by atoms with Gasteiger partial charge in [0.15, 0.2) is 0 Å². The van der Waals surface area contributed by atoms with Crippen LogP contribution in [0.2, 0.25) is 0 Å². The molecule has 3 aromatic rings. The van der Waals surface area contributed by atoms with E-state index in [1.165, 1.54) is 16.5 Å². The molecule has 1 aromatic carbocycles. The zero-order valence-electron chi connectivity index (χ0n) is 15.1. The molecule has 0 aliphatic carbocycles. The number of carbonyl (C=O) groups is 1. The van der Waals surface area contributed by atoms with Crippen LogP contribution in [0.25, 0.3) is 11.4 Å². The minimum absolute atomic E-state index is 0.191.